The molecule has 0 radical (unpaired) electrons. The van der Waals surface area contributed by atoms with E-state index >= 15 is 0 Å². The summed E-state index contributed by atoms with van der Waals surface area (Å²) in [7, 11) is 0. The lowest BCUT2D eigenvalue weighted by atomic mass is 10.0. The number of anilines is 1. The van der Waals surface area contributed by atoms with Crippen molar-refractivity contribution in [2.24, 2.45) is 5.92 Å². The zero-order valence-corrected chi connectivity index (χ0v) is 8.55. The molecule has 2 N–H and O–H groups in total. The first-order valence-electron chi connectivity index (χ1n) is 5.18. The van der Waals surface area contributed by atoms with Gasteiger partial charge in [0.15, 0.2) is 5.95 Å². The molecular weight excluding hydrogens is 178 g/mol. The second-order valence-electron chi connectivity index (χ2n) is 3.88. The molecule has 1 aromatic heterocycles. The number of H-pyrrole nitrogens is 1. The monoisotopic (exact) mass is 195 g/mol. The fourth-order valence-electron chi connectivity index (χ4n) is 1.71. The van der Waals surface area contributed by atoms with Crippen molar-refractivity contribution < 1.29 is 4.74 Å². The molecule has 78 valence electrons. The van der Waals surface area contributed by atoms with Gasteiger partial charge in [0.25, 0.3) is 0 Å². The summed E-state index contributed by atoms with van der Waals surface area (Å²) in [5.74, 6) is 1.50. The maximum absolute atomic E-state index is 5.41. The van der Waals surface area contributed by atoms with E-state index in [1.54, 1.807) is 0 Å². The molecule has 0 spiro atoms. The Labute approximate surface area is 84.1 Å². The lowest BCUT2D eigenvalue weighted by Crippen LogP contribution is -2.24. The molecule has 1 aliphatic heterocycles. The second kappa shape index (κ2) is 4.46. The maximum Gasteiger partial charge on any atom is 0.200 e. The van der Waals surface area contributed by atoms with Gasteiger partial charge in [0.1, 0.15) is 0 Å². The quantitative estimate of drug-likeness (QED) is 0.769. The van der Waals surface area contributed by atoms with Gasteiger partial charge >= 0.3 is 0 Å². The van der Waals surface area contributed by atoms with Crippen LogP contribution in [0.3, 0.4) is 0 Å². The highest BCUT2D eigenvalue weighted by atomic mass is 16.5. The summed E-state index contributed by atoms with van der Waals surface area (Å²) in [4.78, 5) is 7.35. The number of rotatable bonds is 3. The highest BCUT2D eigenvalue weighted by Crippen LogP contribution is 2.13. The molecular formula is C10H17N3O. The van der Waals surface area contributed by atoms with Crippen LogP contribution in [0.4, 0.5) is 5.95 Å². The molecule has 1 aliphatic rings. The molecule has 4 nitrogen and oxygen atoms in total. The van der Waals surface area contributed by atoms with Crippen LogP contribution >= 0.6 is 0 Å². The van der Waals surface area contributed by atoms with Crippen LogP contribution in [0.5, 0.6) is 0 Å². The standard InChI is InChI=1S/C10H17N3O/c1-8-5-11-10(13-8)12-6-9-3-2-4-14-7-9/h5,9H,2-4,6-7H2,1H3,(H2,11,12,13). The van der Waals surface area contributed by atoms with Gasteiger partial charge in [-0.2, -0.15) is 0 Å². The normalized spacial score (nSPS) is 22.2. The minimum absolute atomic E-state index is 0.633. The molecule has 0 aliphatic carbocycles. The van der Waals surface area contributed by atoms with E-state index in [1.807, 2.05) is 13.1 Å². The first-order valence-corrected chi connectivity index (χ1v) is 5.18. The topological polar surface area (TPSA) is 49.9 Å². The largest absolute Gasteiger partial charge is 0.381 e. The second-order valence-corrected chi connectivity index (χ2v) is 3.88. The Morgan fingerprint density at radius 3 is 3.29 bits per heavy atom. The van der Waals surface area contributed by atoms with Crippen molar-refractivity contribution in [2.45, 2.75) is 19.8 Å². The van der Waals surface area contributed by atoms with Crippen LogP contribution in [0.2, 0.25) is 0 Å². The number of nitrogens with one attached hydrogen (secondary N) is 2. The van der Waals surface area contributed by atoms with Gasteiger partial charge in [-0.05, 0) is 25.7 Å². The fraction of sp³-hybridized carbons (Fsp3) is 0.700. The van der Waals surface area contributed by atoms with Crippen molar-refractivity contribution in [1.82, 2.24) is 9.97 Å². The summed E-state index contributed by atoms with van der Waals surface area (Å²) in [5, 5.41) is 3.29. The van der Waals surface area contributed by atoms with E-state index in [0.717, 1.165) is 31.4 Å². The number of hydrogen-bond acceptors (Lipinski definition) is 3. The van der Waals surface area contributed by atoms with Crippen LogP contribution in [0.25, 0.3) is 0 Å². The molecule has 4 heteroatoms. The van der Waals surface area contributed by atoms with Gasteiger partial charge in [-0.1, -0.05) is 0 Å². The highest BCUT2D eigenvalue weighted by molar-refractivity contribution is 5.25. The Morgan fingerprint density at radius 1 is 1.71 bits per heavy atom. The van der Waals surface area contributed by atoms with E-state index in [9.17, 15) is 0 Å². The molecule has 2 heterocycles. The molecule has 1 unspecified atom stereocenters. The summed E-state index contributed by atoms with van der Waals surface area (Å²) in [5.41, 5.74) is 1.09. The number of hydrogen-bond donors (Lipinski definition) is 2. The molecule has 0 bridgehead atoms. The van der Waals surface area contributed by atoms with Crippen molar-refractivity contribution >= 4 is 5.95 Å². The Hall–Kier alpha value is -1.03. The Bertz CT molecular complexity index is 279. The van der Waals surface area contributed by atoms with E-state index in [0.29, 0.717) is 5.92 Å². The Balaban J connectivity index is 1.76. The lowest BCUT2D eigenvalue weighted by Gasteiger charge is -2.21. The van der Waals surface area contributed by atoms with Gasteiger partial charge in [0.2, 0.25) is 0 Å². The number of aromatic amines is 1. The van der Waals surface area contributed by atoms with Gasteiger partial charge in [0, 0.05) is 25.0 Å². The highest BCUT2D eigenvalue weighted by Gasteiger charge is 2.13. The van der Waals surface area contributed by atoms with Crippen LogP contribution in [0.1, 0.15) is 18.5 Å². The smallest absolute Gasteiger partial charge is 0.200 e. The third kappa shape index (κ3) is 2.48. The first kappa shape index (κ1) is 9.52. The molecule has 14 heavy (non-hydrogen) atoms. The van der Waals surface area contributed by atoms with E-state index in [4.69, 9.17) is 4.74 Å². The number of aryl methyl sites for hydroxylation is 1. The summed E-state index contributed by atoms with van der Waals surface area (Å²) < 4.78 is 5.41. The third-order valence-electron chi connectivity index (χ3n) is 2.52. The molecule has 0 saturated carbocycles. The predicted octanol–water partition coefficient (Wildman–Crippen LogP) is 1.56. The zero-order chi connectivity index (χ0) is 9.80. The van der Waals surface area contributed by atoms with Crippen molar-refractivity contribution in [3.8, 4) is 0 Å². The summed E-state index contributed by atoms with van der Waals surface area (Å²) >= 11 is 0. The first-order chi connectivity index (χ1) is 6.84. The van der Waals surface area contributed by atoms with E-state index in [1.165, 1.54) is 12.8 Å². The average molecular weight is 195 g/mol. The SMILES string of the molecule is Cc1cnc(NCC2CCCOC2)[nH]1. The van der Waals surface area contributed by atoms with Crippen molar-refractivity contribution in [2.75, 3.05) is 25.1 Å². The third-order valence-corrected chi connectivity index (χ3v) is 2.52. The van der Waals surface area contributed by atoms with Crippen molar-refractivity contribution in [3.63, 3.8) is 0 Å². The minimum Gasteiger partial charge on any atom is -0.381 e. The Morgan fingerprint density at radius 2 is 2.64 bits per heavy atom. The van der Waals surface area contributed by atoms with Gasteiger partial charge in [-0.3, -0.25) is 0 Å². The molecule has 2 rings (SSSR count). The average Bonchev–Trinajstić information content (AvgIpc) is 2.63. The van der Waals surface area contributed by atoms with Gasteiger partial charge in [-0.15, -0.1) is 0 Å². The van der Waals surface area contributed by atoms with Crippen LogP contribution in [0.15, 0.2) is 6.20 Å². The van der Waals surface area contributed by atoms with Gasteiger partial charge in [-0.25, -0.2) is 4.98 Å². The fourth-order valence-corrected chi connectivity index (χ4v) is 1.71. The molecule has 1 saturated heterocycles. The number of imidazole rings is 1. The number of nitrogens with zero attached hydrogens (tertiary/aromatic N) is 1. The lowest BCUT2D eigenvalue weighted by molar-refractivity contribution is 0.0594. The zero-order valence-electron chi connectivity index (χ0n) is 8.55. The number of aromatic nitrogens is 2. The molecule has 0 amide bonds. The van der Waals surface area contributed by atoms with Gasteiger partial charge in [0.05, 0.1) is 6.61 Å². The molecule has 1 atom stereocenters. The maximum atomic E-state index is 5.41. The van der Waals surface area contributed by atoms with Crippen molar-refractivity contribution in [1.29, 1.82) is 0 Å². The van der Waals surface area contributed by atoms with Crippen LogP contribution in [-0.2, 0) is 4.74 Å². The summed E-state index contributed by atoms with van der Waals surface area (Å²) in [6.07, 6.45) is 4.27. The molecule has 1 fully saturated rings. The minimum atomic E-state index is 0.633. The van der Waals surface area contributed by atoms with Crippen LogP contribution in [0, 0.1) is 12.8 Å². The van der Waals surface area contributed by atoms with Crippen LogP contribution < -0.4 is 5.32 Å². The summed E-state index contributed by atoms with van der Waals surface area (Å²) in [6.45, 7) is 4.76. The Kier molecular flexibility index (Phi) is 3.03. The molecule has 1 aromatic rings. The number of ether oxygens (including phenoxy) is 1. The summed E-state index contributed by atoms with van der Waals surface area (Å²) in [6, 6.07) is 0. The van der Waals surface area contributed by atoms with E-state index < -0.39 is 0 Å². The molecule has 0 aromatic carbocycles. The van der Waals surface area contributed by atoms with Crippen LogP contribution in [-0.4, -0.2) is 29.7 Å². The van der Waals surface area contributed by atoms with E-state index in [-0.39, 0.29) is 0 Å². The predicted molar refractivity (Wildman–Crippen MR) is 55.4 cm³/mol. The van der Waals surface area contributed by atoms with Crippen molar-refractivity contribution in [3.05, 3.63) is 11.9 Å². The van der Waals surface area contributed by atoms with Gasteiger partial charge < -0.3 is 15.0 Å². The van der Waals surface area contributed by atoms with E-state index in [2.05, 4.69) is 15.3 Å².